The Kier molecular flexibility index (Phi) is 3.52. The molecule has 8 nitrogen and oxygen atoms in total. The van der Waals surface area contributed by atoms with Gasteiger partial charge in [0.15, 0.2) is 11.3 Å². The Labute approximate surface area is 160 Å². The molecule has 4 heterocycles. The van der Waals surface area contributed by atoms with Crippen molar-refractivity contribution < 1.29 is 8.42 Å². The van der Waals surface area contributed by atoms with Crippen LogP contribution in [-0.2, 0) is 10.0 Å². The van der Waals surface area contributed by atoms with Gasteiger partial charge in [0.1, 0.15) is 5.52 Å². The summed E-state index contributed by atoms with van der Waals surface area (Å²) >= 11 is 0. The highest BCUT2D eigenvalue weighted by Gasteiger charge is 2.21. The molecule has 0 saturated carbocycles. The van der Waals surface area contributed by atoms with Crippen molar-refractivity contribution in [3.8, 4) is 5.69 Å². The summed E-state index contributed by atoms with van der Waals surface area (Å²) in [5, 5.41) is 0.891. The highest BCUT2D eigenvalue weighted by atomic mass is 32.2. The minimum absolute atomic E-state index is 0.231. The molecule has 5 aromatic rings. The fourth-order valence-electron chi connectivity index (χ4n) is 3.42. The predicted molar refractivity (Wildman–Crippen MR) is 106 cm³/mol. The second kappa shape index (κ2) is 5.85. The second-order valence-electron chi connectivity index (χ2n) is 6.60. The Morgan fingerprint density at radius 2 is 1.86 bits per heavy atom. The Morgan fingerprint density at radius 3 is 2.68 bits per heavy atom. The fraction of sp³-hybridized carbons (Fsp3) is 0.105. The Bertz CT molecular complexity index is 1460. The van der Waals surface area contributed by atoms with Gasteiger partial charge in [0.2, 0.25) is 10.0 Å². The van der Waals surface area contributed by atoms with Gasteiger partial charge in [-0.3, -0.25) is 18.9 Å². The van der Waals surface area contributed by atoms with Crippen molar-refractivity contribution in [2.45, 2.75) is 4.90 Å². The molecule has 0 fully saturated rings. The maximum atomic E-state index is 12.6. The van der Waals surface area contributed by atoms with Crippen LogP contribution in [0.25, 0.3) is 33.4 Å². The van der Waals surface area contributed by atoms with Gasteiger partial charge in [0.05, 0.1) is 16.6 Å². The highest BCUT2D eigenvalue weighted by Crippen LogP contribution is 2.32. The standard InChI is InChI=1S/C19H16N6O2S/c1-23(2)28(26,27)14-5-3-4-13(10-14)25-16-6-7-20-11-15(16)18-19(25)24-9-8-21-12-17(24)22-18/h3-12H,1-2H3. The van der Waals surface area contributed by atoms with Gasteiger partial charge >= 0.3 is 0 Å². The van der Waals surface area contributed by atoms with Gasteiger partial charge in [0, 0.05) is 50.0 Å². The van der Waals surface area contributed by atoms with Crippen molar-refractivity contribution in [2.75, 3.05) is 14.1 Å². The summed E-state index contributed by atoms with van der Waals surface area (Å²) in [7, 11) is -0.506. The normalized spacial score (nSPS) is 12.5. The molecule has 0 aliphatic carbocycles. The van der Waals surface area contributed by atoms with E-state index in [2.05, 4.69) is 9.97 Å². The van der Waals surface area contributed by atoms with Crippen molar-refractivity contribution >= 4 is 37.7 Å². The zero-order valence-corrected chi connectivity index (χ0v) is 16.0. The predicted octanol–water partition coefficient (Wildman–Crippen LogP) is 2.47. The molecule has 5 rings (SSSR count). The van der Waals surface area contributed by atoms with E-state index in [0.717, 1.165) is 27.8 Å². The van der Waals surface area contributed by atoms with Crippen LogP contribution in [0, 0.1) is 0 Å². The third kappa shape index (κ3) is 2.26. The second-order valence-corrected chi connectivity index (χ2v) is 8.75. The zero-order chi connectivity index (χ0) is 19.5. The summed E-state index contributed by atoms with van der Waals surface area (Å²) in [6, 6.07) is 8.80. The number of hydrogen-bond acceptors (Lipinski definition) is 5. The van der Waals surface area contributed by atoms with Crippen LogP contribution in [0.5, 0.6) is 0 Å². The first-order valence-corrected chi connectivity index (χ1v) is 10.0. The average Bonchev–Trinajstić information content (AvgIpc) is 3.23. The van der Waals surface area contributed by atoms with Gasteiger partial charge in [-0.2, -0.15) is 0 Å². The summed E-state index contributed by atoms with van der Waals surface area (Å²) in [5.74, 6) is 0. The summed E-state index contributed by atoms with van der Waals surface area (Å²) in [5.41, 5.74) is 3.96. The first-order chi connectivity index (χ1) is 13.5. The van der Waals surface area contributed by atoms with Gasteiger partial charge in [-0.05, 0) is 24.3 Å². The summed E-state index contributed by atoms with van der Waals surface area (Å²) in [6.07, 6.45) is 8.72. The minimum Gasteiger partial charge on any atom is -0.293 e. The van der Waals surface area contributed by atoms with E-state index in [0.29, 0.717) is 5.65 Å². The lowest BCUT2D eigenvalue weighted by molar-refractivity contribution is 0.520. The molecule has 0 saturated heterocycles. The van der Waals surface area contributed by atoms with Crippen LogP contribution < -0.4 is 0 Å². The third-order valence-corrected chi connectivity index (χ3v) is 6.58. The molecule has 140 valence electrons. The zero-order valence-electron chi connectivity index (χ0n) is 15.2. The van der Waals surface area contributed by atoms with E-state index in [1.807, 2.05) is 27.3 Å². The largest absolute Gasteiger partial charge is 0.293 e. The SMILES string of the molecule is CN(C)S(=O)(=O)c1cccc(-n2c3ccncc3c3nc4cnccn4c32)c1. The topological polar surface area (TPSA) is 85.4 Å². The Morgan fingerprint density at radius 1 is 1.04 bits per heavy atom. The van der Waals surface area contributed by atoms with E-state index in [9.17, 15) is 8.42 Å². The Balaban J connectivity index is 1.91. The lowest BCUT2D eigenvalue weighted by atomic mass is 10.3. The molecule has 0 amide bonds. The molecule has 0 aliphatic heterocycles. The third-order valence-electron chi connectivity index (χ3n) is 4.77. The fourth-order valence-corrected chi connectivity index (χ4v) is 4.36. The quantitative estimate of drug-likeness (QED) is 0.471. The van der Waals surface area contributed by atoms with Crippen molar-refractivity contribution in [1.82, 2.24) is 28.2 Å². The molecule has 0 atom stereocenters. The number of fused-ring (bicyclic) bond motifs is 5. The molecular formula is C19H16N6O2S. The molecular weight excluding hydrogens is 376 g/mol. The van der Waals surface area contributed by atoms with Crippen LogP contribution in [0.1, 0.15) is 0 Å². The summed E-state index contributed by atoms with van der Waals surface area (Å²) < 4.78 is 30.4. The summed E-state index contributed by atoms with van der Waals surface area (Å²) in [6.45, 7) is 0. The lowest BCUT2D eigenvalue weighted by Crippen LogP contribution is -2.22. The van der Waals surface area contributed by atoms with Crippen molar-refractivity contribution in [3.05, 3.63) is 61.3 Å². The number of nitrogens with zero attached hydrogens (tertiary/aromatic N) is 6. The van der Waals surface area contributed by atoms with Crippen molar-refractivity contribution in [1.29, 1.82) is 0 Å². The molecule has 0 radical (unpaired) electrons. The Hall–Kier alpha value is -3.30. The average molecular weight is 392 g/mol. The maximum absolute atomic E-state index is 12.6. The summed E-state index contributed by atoms with van der Waals surface area (Å²) in [4.78, 5) is 13.3. The molecule has 1 aromatic carbocycles. The van der Waals surface area contributed by atoms with Gasteiger partial charge < -0.3 is 0 Å². The van der Waals surface area contributed by atoms with Crippen LogP contribution in [0.15, 0.2) is 66.2 Å². The first kappa shape index (κ1) is 16.8. The van der Waals surface area contributed by atoms with Crippen LogP contribution in [0.4, 0.5) is 0 Å². The molecule has 28 heavy (non-hydrogen) atoms. The van der Waals surface area contributed by atoms with Crippen LogP contribution in [0.3, 0.4) is 0 Å². The van der Waals surface area contributed by atoms with Crippen molar-refractivity contribution in [2.24, 2.45) is 0 Å². The number of rotatable bonds is 3. The van der Waals surface area contributed by atoms with E-state index in [1.165, 1.54) is 18.4 Å². The molecule has 0 N–H and O–H groups in total. The van der Waals surface area contributed by atoms with Gasteiger partial charge in [-0.25, -0.2) is 17.7 Å². The number of pyridine rings is 1. The van der Waals surface area contributed by atoms with Gasteiger partial charge in [-0.1, -0.05) is 6.07 Å². The number of benzene rings is 1. The lowest BCUT2D eigenvalue weighted by Gasteiger charge is -2.13. The molecule has 0 spiro atoms. The highest BCUT2D eigenvalue weighted by molar-refractivity contribution is 7.89. The molecule has 4 aromatic heterocycles. The molecule has 0 unspecified atom stereocenters. The van der Waals surface area contributed by atoms with E-state index in [1.54, 1.807) is 43.0 Å². The maximum Gasteiger partial charge on any atom is 0.242 e. The van der Waals surface area contributed by atoms with E-state index in [-0.39, 0.29) is 4.90 Å². The molecule has 0 bridgehead atoms. The number of hydrogen-bond donors (Lipinski definition) is 0. The van der Waals surface area contributed by atoms with Crippen LogP contribution in [0.2, 0.25) is 0 Å². The number of aromatic nitrogens is 5. The molecule has 0 aliphatic rings. The van der Waals surface area contributed by atoms with Crippen LogP contribution >= 0.6 is 0 Å². The molecule has 9 heteroatoms. The first-order valence-electron chi connectivity index (χ1n) is 8.57. The van der Waals surface area contributed by atoms with E-state index < -0.39 is 10.0 Å². The van der Waals surface area contributed by atoms with Crippen LogP contribution in [-0.4, -0.2) is 50.7 Å². The van der Waals surface area contributed by atoms with Gasteiger partial charge in [0.25, 0.3) is 0 Å². The van der Waals surface area contributed by atoms with Gasteiger partial charge in [-0.15, -0.1) is 0 Å². The number of imidazole rings is 1. The monoisotopic (exact) mass is 392 g/mol. The smallest absolute Gasteiger partial charge is 0.242 e. The minimum atomic E-state index is -3.55. The van der Waals surface area contributed by atoms with Crippen molar-refractivity contribution in [3.63, 3.8) is 0 Å². The number of sulfonamides is 1. The van der Waals surface area contributed by atoms with E-state index >= 15 is 0 Å². The van der Waals surface area contributed by atoms with E-state index in [4.69, 9.17) is 4.98 Å².